The summed E-state index contributed by atoms with van der Waals surface area (Å²) >= 11 is 4.16. The van der Waals surface area contributed by atoms with Crippen LogP contribution >= 0.6 is 12.6 Å². The molecule has 0 aromatic heterocycles. The van der Waals surface area contributed by atoms with E-state index in [1.165, 1.54) is 6.42 Å². The summed E-state index contributed by atoms with van der Waals surface area (Å²) in [5, 5.41) is 3.10. The van der Waals surface area contributed by atoms with Gasteiger partial charge in [-0.25, -0.2) is 0 Å². The van der Waals surface area contributed by atoms with Gasteiger partial charge in [0.1, 0.15) is 0 Å². The van der Waals surface area contributed by atoms with Gasteiger partial charge in [-0.1, -0.05) is 6.92 Å². The van der Waals surface area contributed by atoms with Crippen LogP contribution in [-0.4, -0.2) is 19.3 Å². The Bertz CT molecular complexity index is 47.8. The summed E-state index contributed by atoms with van der Waals surface area (Å²) in [5.41, 5.74) is 0. The molecule has 0 saturated carbocycles. The second-order valence-electron chi connectivity index (χ2n) is 2.18. The zero-order chi connectivity index (χ0) is 6.41. The number of hydrogen-bond acceptors (Lipinski definition) is 2. The molecule has 0 aliphatic carbocycles. The highest BCUT2D eigenvalue weighted by molar-refractivity contribution is 7.80. The van der Waals surface area contributed by atoms with Gasteiger partial charge in [0.25, 0.3) is 0 Å². The number of rotatable bonds is 4. The minimum atomic E-state index is 0.755. The first-order valence-electron chi connectivity index (χ1n) is 3.06. The molecular formula is C6H15NS. The number of hydrogen-bond donors (Lipinski definition) is 2. The van der Waals surface area contributed by atoms with Crippen LogP contribution in [0.5, 0.6) is 0 Å². The highest BCUT2D eigenvalue weighted by Gasteiger charge is 1.94. The van der Waals surface area contributed by atoms with E-state index < -0.39 is 0 Å². The van der Waals surface area contributed by atoms with E-state index in [9.17, 15) is 0 Å². The third-order valence-corrected chi connectivity index (χ3v) is 1.82. The Balaban J connectivity index is 2.86. The van der Waals surface area contributed by atoms with Crippen LogP contribution in [0.2, 0.25) is 0 Å². The lowest BCUT2D eigenvalue weighted by atomic mass is 10.1. The summed E-state index contributed by atoms with van der Waals surface area (Å²) in [6, 6.07) is 0. The van der Waals surface area contributed by atoms with Gasteiger partial charge in [0.2, 0.25) is 0 Å². The molecule has 0 radical (unpaired) electrons. The van der Waals surface area contributed by atoms with Gasteiger partial charge in [-0.2, -0.15) is 12.6 Å². The van der Waals surface area contributed by atoms with Gasteiger partial charge in [0.15, 0.2) is 0 Å². The highest BCUT2D eigenvalue weighted by atomic mass is 32.1. The monoisotopic (exact) mass is 133 g/mol. The van der Waals surface area contributed by atoms with Crippen molar-refractivity contribution in [2.45, 2.75) is 13.3 Å². The van der Waals surface area contributed by atoms with Crippen molar-refractivity contribution < 1.29 is 0 Å². The van der Waals surface area contributed by atoms with Crippen molar-refractivity contribution in [3.8, 4) is 0 Å². The SMILES string of the molecule is CNCCC(C)CS. The van der Waals surface area contributed by atoms with Crippen LogP contribution in [0, 0.1) is 5.92 Å². The summed E-state index contributed by atoms with van der Waals surface area (Å²) in [6.45, 7) is 3.33. The van der Waals surface area contributed by atoms with Crippen molar-refractivity contribution in [1.29, 1.82) is 0 Å². The molecule has 0 fully saturated rings. The fraction of sp³-hybridized carbons (Fsp3) is 1.00. The number of thiol groups is 1. The Hall–Kier alpha value is 0.310. The second-order valence-corrected chi connectivity index (χ2v) is 2.55. The Morgan fingerprint density at radius 1 is 1.62 bits per heavy atom. The van der Waals surface area contributed by atoms with E-state index in [4.69, 9.17) is 0 Å². The average molecular weight is 133 g/mol. The lowest BCUT2D eigenvalue weighted by Crippen LogP contribution is -2.11. The minimum Gasteiger partial charge on any atom is -0.320 e. The molecule has 0 spiro atoms. The third-order valence-electron chi connectivity index (χ3n) is 1.20. The van der Waals surface area contributed by atoms with Crippen molar-refractivity contribution >= 4 is 12.6 Å². The van der Waals surface area contributed by atoms with Gasteiger partial charge in [0.05, 0.1) is 0 Å². The normalized spacial score (nSPS) is 13.9. The predicted molar refractivity (Wildman–Crippen MR) is 41.6 cm³/mol. The molecule has 0 aliphatic rings. The molecule has 1 unspecified atom stereocenters. The number of nitrogens with one attached hydrogen (secondary N) is 1. The van der Waals surface area contributed by atoms with Gasteiger partial charge in [-0.05, 0) is 31.7 Å². The maximum atomic E-state index is 4.16. The summed E-state index contributed by atoms with van der Waals surface area (Å²) in [4.78, 5) is 0. The third kappa shape index (κ3) is 4.47. The van der Waals surface area contributed by atoms with Crippen LogP contribution < -0.4 is 5.32 Å². The molecule has 50 valence electrons. The molecule has 0 amide bonds. The molecule has 2 heteroatoms. The van der Waals surface area contributed by atoms with Crippen LogP contribution in [0.1, 0.15) is 13.3 Å². The van der Waals surface area contributed by atoms with Crippen LogP contribution in [0.15, 0.2) is 0 Å². The van der Waals surface area contributed by atoms with Gasteiger partial charge < -0.3 is 5.32 Å². The van der Waals surface area contributed by atoms with Crippen LogP contribution in [0.4, 0.5) is 0 Å². The van der Waals surface area contributed by atoms with E-state index in [1.54, 1.807) is 0 Å². The lowest BCUT2D eigenvalue weighted by Gasteiger charge is -2.04. The molecule has 0 rings (SSSR count). The maximum absolute atomic E-state index is 4.16. The summed E-state index contributed by atoms with van der Waals surface area (Å²) in [5.74, 6) is 1.76. The summed E-state index contributed by atoms with van der Waals surface area (Å²) < 4.78 is 0. The molecular weight excluding hydrogens is 118 g/mol. The Kier molecular flexibility index (Phi) is 5.66. The molecule has 0 aromatic rings. The first-order chi connectivity index (χ1) is 3.81. The quantitative estimate of drug-likeness (QED) is 0.548. The van der Waals surface area contributed by atoms with Crippen molar-refractivity contribution in [2.75, 3.05) is 19.3 Å². The van der Waals surface area contributed by atoms with E-state index >= 15 is 0 Å². The van der Waals surface area contributed by atoms with Gasteiger partial charge in [-0.15, -0.1) is 0 Å². The summed E-state index contributed by atoms with van der Waals surface area (Å²) in [7, 11) is 1.98. The average Bonchev–Trinajstić information content (AvgIpc) is 1.83. The Labute approximate surface area is 57.3 Å². The highest BCUT2D eigenvalue weighted by Crippen LogP contribution is 2.00. The smallest absolute Gasteiger partial charge is 0.00491 e. The molecule has 1 nitrogen and oxygen atoms in total. The van der Waals surface area contributed by atoms with Gasteiger partial charge in [-0.3, -0.25) is 0 Å². The molecule has 0 aromatic carbocycles. The van der Waals surface area contributed by atoms with E-state index in [0.29, 0.717) is 0 Å². The molecule has 1 atom stereocenters. The van der Waals surface area contributed by atoms with Crippen molar-refractivity contribution in [2.24, 2.45) is 5.92 Å². The van der Waals surface area contributed by atoms with E-state index in [1.807, 2.05) is 7.05 Å². The van der Waals surface area contributed by atoms with E-state index in [0.717, 1.165) is 18.2 Å². The maximum Gasteiger partial charge on any atom is -0.00491 e. The Morgan fingerprint density at radius 3 is 2.62 bits per heavy atom. The summed E-state index contributed by atoms with van der Waals surface area (Å²) in [6.07, 6.45) is 1.24. The first kappa shape index (κ1) is 8.31. The fourth-order valence-electron chi connectivity index (χ4n) is 0.482. The standard InChI is InChI=1S/C6H15NS/c1-6(5-8)3-4-7-2/h6-8H,3-5H2,1-2H3. The zero-order valence-electron chi connectivity index (χ0n) is 5.65. The van der Waals surface area contributed by atoms with Crippen molar-refractivity contribution in [3.05, 3.63) is 0 Å². The van der Waals surface area contributed by atoms with Crippen molar-refractivity contribution in [1.82, 2.24) is 5.32 Å². The molecule has 0 bridgehead atoms. The predicted octanol–water partition coefficient (Wildman–Crippen LogP) is 1.16. The van der Waals surface area contributed by atoms with E-state index in [2.05, 4.69) is 24.9 Å². The molecule has 1 N–H and O–H groups in total. The topological polar surface area (TPSA) is 12.0 Å². The zero-order valence-corrected chi connectivity index (χ0v) is 6.54. The minimum absolute atomic E-state index is 0.755. The van der Waals surface area contributed by atoms with Gasteiger partial charge in [0, 0.05) is 0 Å². The first-order valence-corrected chi connectivity index (χ1v) is 3.70. The lowest BCUT2D eigenvalue weighted by molar-refractivity contribution is 0.571. The molecule has 8 heavy (non-hydrogen) atoms. The largest absolute Gasteiger partial charge is 0.320 e. The van der Waals surface area contributed by atoms with Crippen molar-refractivity contribution in [3.63, 3.8) is 0 Å². The molecule has 0 aliphatic heterocycles. The van der Waals surface area contributed by atoms with E-state index in [-0.39, 0.29) is 0 Å². The fourth-order valence-corrected chi connectivity index (χ4v) is 0.665. The van der Waals surface area contributed by atoms with Crippen LogP contribution in [0.3, 0.4) is 0 Å². The van der Waals surface area contributed by atoms with Crippen LogP contribution in [-0.2, 0) is 0 Å². The second kappa shape index (κ2) is 5.45. The van der Waals surface area contributed by atoms with Gasteiger partial charge >= 0.3 is 0 Å². The Morgan fingerprint density at radius 2 is 2.25 bits per heavy atom. The molecule has 0 saturated heterocycles. The molecule has 0 heterocycles. The van der Waals surface area contributed by atoms with Crippen LogP contribution in [0.25, 0.3) is 0 Å².